The van der Waals surface area contributed by atoms with Crippen LogP contribution >= 0.6 is 11.3 Å². The third-order valence-corrected chi connectivity index (χ3v) is 5.30. The number of hydrogen-bond donors (Lipinski definition) is 3. The number of benzene rings is 2. The predicted octanol–water partition coefficient (Wildman–Crippen LogP) is 4.72. The van der Waals surface area contributed by atoms with E-state index in [9.17, 15) is 9.18 Å². The normalized spacial score (nSPS) is 10.8. The Morgan fingerprint density at radius 2 is 1.89 bits per heavy atom. The zero-order valence-electron chi connectivity index (χ0n) is 14.9. The molecule has 2 heterocycles. The highest BCUT2D eigenvalue weighted by atomic mass is 32.1. The number of nitrogen functional groups attached to an aromatic ring is 1. The van der Waals surface area contributed by atoms with E-state index in [1.165, 1.54) is 23.7 Å². The van der Waals surface area contributed by atoms with Crippen molar-refractivity contribution in [2.45, 2.75) is 6.92 Å². The number of carbonyl (C=O) groups excluding carboxylic acids is 1. The largest absolute Gasteiger partial charge is 0.397 e. The van der Waals surface area contributed by atoms with Crippen molar-refractivity contribution in [1.29, 1.82) is 0 Å². The van der Waals surface area contributed by atoms with Gasteiger partial charge in [-0.3, -0.25) is 4.79 Å². The highest BCUT2D eigenvalue weighted by Crippen LogP contribution is 2.37. The number of carbonyl (C=O) groups is 1. The number of aromatic nitrogens is 2. The van der Waals surface area contributed by atoms with Gasteiger partial charge in [-0.25, -0.2) is 14.4 Å². The maximum Gasteiger partial charge on any atom is 0.267 e. The molecule has 4 N–H and O–H groups in total. The quantitative estimate of drug-likeness (QED) is 0.467. The molecule has 4 rings (SSSR count). The number of fused-ring (bicyclic) bond motifs is 1. The number of aryl methyl sites for hydroxylation is 1. The van der Waals surface area contributed by atoms with Gasteiger partial charge in [0.25, 0.3) is 5.91 Å². The summed E-state index contributed by atoms with van der Waals surface area (Å²) in [5.74, 6) is -0.132. The van der Waals surface area contributed by atoms with Gasteiger partial charge in [-0.2, -0.15) is 0 Å². The summed E-state index contributed by atoms with van der Waals surface area (Å²) in [6, 6.07) is 13.8. The molecule has 0 atom stereocenters. The molecule has 2 aromatic heterocycles. The number of nitrogens with one attached hydrogen (secondary N) is 2. The summed E-state index contributed by atoms with van der Waals surface area (Å²) in [5.41, 5.74) is 8.43. The lowest BCUT2D eigenvalue weighted by Crippen LogP contribution is -2.11. The van der Waals surface area contributed by atoms with Gasteiger partial charge >= 0.3 is 0 Å². The molecule has 0 spiro atoms. The van der Waals surface area contributed by atoms with Crippen LogP contribution in [0.1, 0.15) is 15.2 Å². The first-order chi connectivity index (χ1) is 13.5. The number of amides is 1. The number of thiophene rings is 1. The van der Waals surface area contributed by atoms with Crippen LogP contribution in [0.5, 0.6) is 0 Å². The van der Waals surface area contributed by atoms with E-state index in [2.05, 4.69) is 20.6 Å². The van der Waals surface area contributed by atoms with Gasteiger partial charge in [0.1, 0.15) is 27.7 Å². The van der Waals surface area contributed by atoms with Crippen molar-refractivity contribution in [1.82, 2.24) is 9.97 Å². The highest BCUT2D eigenvalue weighted by Gasteiger charge is 2.20. The number of para-hydroxylation sites is 1. The standard InChI is InChI=1S/C20H16FN5OS/c1-11-9-13(7-8-14(11)21)25-18-15-16(22)17(28-20(15)24-10-23-18)19(27)26-12-5-3-2-4-6-12/h2-10H,22H2,1H3,(H,26,27)(H,23,24,25). The minimum Gasteiger partial charge on any atom is -0.397 e. The Morgan fingerprint density at radius 1 is 1.11 bits per heavy atom. The van der Waals surface area contributed by atoms with Gasteiger partial charge in [-0.1, -0.05) is 18.2 Å². The number of halogens is 1. The van der Waals surface area contributed by atoms with Crippen molar-refractivity contribution in [3.63, 3.8) is 0 Å². The van der Waals surface area contributed by atoms with E-state index < -0.39 is 0 Å². The molecule has 0 unspecified atom stereocenters. The fourth-order valence-corrected chi connectivity index (χ4v) is 3.74. The molecule has 0 aliphatic rings. The molecule has 0 aliphatic carbocycles. The van der Waals surface area contributed by atoms with Crippen LogP contribution in [0.2, 0.25) is 0 Å². The van der Waals surface area contributed by atoms with Crippen LogP contribution < -0.4 is 16.4 Å². The van der Waals surface area contributed by atoms with Crippen molar-refractivity contribution in [3.8, 4) is 0 Å². The SMILES string of the molecule is Cc1cc(Nc2ncnc3sc(C(=O)Nc4ccccc4)c(N)c23)ccc1F. The molecule has 8 heteroatoms. The molecule has 0 aliphatic heterocycles. The summed E-state index contributed by atoms with van der Waals surface area (Å²) >= 11 is 1.19. The van der Waals surface area contributed by atoms with Gasteiger partial charge in [-0.05, 0) is 42.8 Å². The Labute approximate surface area is 164 Å². The van der Waals surface area contributed by atoms with Crippen LogP contribution in [0.3, 0.4) is 0 Å². The topological polar surface area (TPSA) is 92.9 Å². The van der Waals surface area contributed by atoms with E-state index >= 15 is 0 Å². The number of hydrogen-bond acceptors (Lipinski definition) is 6. The Kier molecular flexibility index (Phi) is 4.62. The molecule has 0 fully saturated rings. The monoisotopic (exact) mass is 393 g/mol. The zero-order chi connectivity index (χ0) is 19.7. The van der Waals surface area contributed by atoms with Crippen LogP contribution in [0.15, 0.2) is 54.9 Å². The number of rotatable bonds is 4. The molecule has 6 nitrogen and oxygen atoms in total. The zero-order valence-corrected chi connectivity index (χ0v) is 15.7. The van der Waals surface area contributed by atoms with E-state index in [-0.39, 0.29) is 11.7 Å². The predicted molar refractivity (Wildman–Crippen MR) is 111 cm³/mol. The smallest absolute Gasteiger partial charge is 0.267 e. The van der Waals surface area contributed by atoms with Gasteiger partial charge in [0.2, 0.25) is 0 Å². The van der Waals surface area contributed by atoms with Crippen LogP contribution in [-0.2, 0) is 0 Å². The Morgan fingerprint density at radius 3 is 2.64 bits per heavy atom. The second-order valence-corrected chi connectivity index (χ2v) is 7.16. The average molecular weight is 393 g/mol. The van der Waals surface area contributed by atoms with E-state index in [4.69, 9.17) is 5.73 Å². The molecule has 0 radical (unpaired) electrons. The Hall–Kier alpha value is -3.52. The van der Waals surface area contributed by atoms with Crippen molar-refractivity contribution >= 4 is 50.3 Å². The molecule has 0 saturated carbocycles. The number of nitrogens with zero attached hydrogens (tertiary/aromatic N) is 2. The second-order valence-electron chi connectivity index (χ2n) is 6.16. The second kappa shape index (κ2) is 7.24. The van der Waals surface area contributed by atoms with E-state index in [0.29, 0.717) is 43.5 Å². The lowest BCUT2D eigenvalue weighted by Gasteiger charge is -2.08. The molecular formula is C20H16FN5OS. The fourth-order valence-electron chi connectivity index (χ4n) is 2.79. The summed E-state index contributed by atoms with van der Waals surface area (Å²) in [6.07, 6.45) is 1.40. The summed E-state index contributed by atoms with van der Waals surface area (Å²) in [4.78, 5) is 22.1. The first-order valence-electron chi connectivity index (χ1n) is 8.45. The van der Waals surface area contributed by atoms with Gasteiger partial charge in [0.15, 0.2) is 0 Å². The molecule has 1 amide bonds. The molecule has 4 aromatic rings. The summed E-state index contributed by atoms with van der Waals surface area (Å²) in [7, 11) is 0. The van der Waals surface area contributed by atoms with Gasteiger partial charge in [-0.15, -0.1) is 11.3 Å². The summed E-state index contributed by atoms with van der Waals surface area (Å²) in [6.45, 7) is 1.68. The number of nitrogens with two attached hydrogens (primary N) is 1. The van der Waals surface area contributed by atoms with Gasteiger partial charge in [0.05, 0.1) is 11.1 Å². The molecule has 0 saturated heterocycles. The molecule has 0 bridgehead atoms. The van der Waals surface area contributed by atoms with Crippen LogP contribution in [0, 0.1) is 12.7 Å². The maximum atomic E-state index is 13.5. The Bertz CT molecular complexity index is 1180. The molecule has 2 aromatic carbocycles. The van der Waals surface area contributed by atoms with E-state index in [0.717, 1.165) is 0 Å². The van der Waals surface area contributed by atoms with E-state index in [1.807, 2.05) is 18.2 Å². The van der Waals surface area contributed by atoms with Crippen molar-refractivity contribution < 1.29 is 9.18 Å². The lowest BCUT2D eigenvalue weighted by molar-refractivity contribution is 0.103. The summed E-state index contributed by atoms with van der Waals surface area (Å²) in [5, 5.41) is 6.52. The first kappa shape index (κ1) is 17.9. The fraction of sp³-hybridized carbons (Fsp3) is 0.0500. The Balaban J connectivity index is 1.70. The highest BCUT2D eigenvalue weighted by molar-refractivity contribution is 7.21. The molecule has 28 heavy (non-hydrogen) atoms. The van der Waals surface area contributed by atoms with Crippen LogP contribution in [0.4, 0.5) is 27.3 Å². The van der Waals surface area contributed by atoms with Crippen LogP contribution in [-0.4, -0.2) is 15.9 Å². The minimum absolute atomic E-state index is 0.284. The average Bonchev–Trinajstić information content (AvgIpc) is 3.03. The molecular weight excluding hydrogens is 377 g/mol. The third kappa shape index (κ3) is 3.37. The van der Waals surface area contributed by atoms with Crippen molar-refractivity contribution in [3.05, 3.63) is 71.1 Å². The van der Waals surface area contributed by atoms with Crippen LogP contribution in [0.25, 0.3) is 10.2 Å². The van der Waals surface area contributed by atoms with Gasteiger partial charge < -0.3 is 16.4 Å². The molecule has 140 valence electrons. The summed E-state index contributed by atoms with van der Waals surface area (Å²) < 4.78 is 13.5. The van der Waals surface area contributed by atoms with Crippen molar-refractivity contribution in [2.75, 3.05) is 16.4 Å². The number of anilines is 4. The van der Waals surface area contributed by atoms with Crippen molar-refractivity contribution in [2.24, 2.45) is 0 Å². The maximum absolute atomic E-state index is 13.5. The lowest BCUT2D eigenvalue weighted by atomic mass is 10.2. The third-order valence-electron chi connectivity index (χ3n) is 4.18. The first-order valence-corrected chi connectivity index (χ1v) is 9.27. The minimum atomic E-state index is -0.310. The van der Waals surface area contributed by atoms with E-state index in [1.54, 1.807) is 31.2 Å². The van der Waals surface area contributed by atoms with Gasteiger partial charge in [0, 0.05) is 11.4 Å².